The molecule has 2 rings (SSSR count). The molecule has 2 atom stereocenters. The molecule has 1 aromatic carbocycles. The molecule has 1 heterocycles. The third-order valence-electron chi connectivity index (χ3n) is 5.24. The average molecular weight is 418 g/mol. The van der Waals surface area contributed by atoms with Crippen LogP contribution in [0.4, 0.5) is 10.5 Å². The van der Waals surface area contributed by atoms with Gasteiger partial charge < -0.3 is 20.3 Å². The lowest BCUT2D eigenvalue weighted by Crippen LogP contribution is -2.45. The van der Waals surface area contributed by atoms with Crippen LogP contribution in [0.2, 0.25) is 0 Å². The van der Waals surface area contributed by atoms with E-state index in [2.05, 4.69) is 24.5 Å². The SMILES string of the molecule is CC(C)CCCC(C)NC(=O)COC(=O)C1CCCN(C(=O)Nc2ccccc2)C1. The summed E-state index contributed by atoms with van der Waals surface area (Å²) in [5, 5.41) is 5.71. The zero-order chi connectivity index (χ0) is 21.9. The summed E-state index contributed by atoms with van der Waals surface area (Å²) in [6.45, 7) is 6.94. The van der Waals surface area contributed by atoms with Crippen LogP contribution >= 0.6 is 0 Å². The van der Waals surface area contributed by atoms with Crippen molar-refractivity contribution in [3.05, 3.63) is 30.3 Å². The lowest BCUT2D eigenvalue weighted by atomic mass is 9.98. The van der Waals surface area contributed by atoms with E-state index in [1.807, 2.05) is 37.3 Å². The second kappa shape index (κ2) is 12.2. The van der Waals surface area contributed by atoms with Crippen molar-refractivity contribution in [3.8, 4) is 0 Å². The first-order valence-corrected chi connectivity index (χ1v) is 10.9. The van der Waals surface area contributed by atoms with E-state index in [-0.39, 0.29) is 24.6 Å². The smallest absolute Gasteiger partial charge is 0.321 e. The molecule has 0 aromatic heterocycles. The van der Waals surface area contributed by atoms with Gasteiger partial charge in [0, 0.05) is 24.8 Å². The van der Waals surface area contributed by atoms with Crippen molar-refractivity contribution in [2.45, 2.75) is 58.9 Å². The predicted octanol–water partition coefficient (Wildman–Crippen LogP) is 3.80. The summed E-state index contributed by atoms with van der Waals surface area (Å²) >= 11 is 0. The Morgan fingerprint density at radius 2 is 1.87 bits per heavy atom. The van der Waals surface area contributed by atoms with Crippen molar-refractivity contribution in [1.29, 1.82) is 0 Å². The number of benzene rings is 1. The number of esters is 1. The molecule has 1 saturated heterocycles. The third kappa shape index (κ3) is 8.43. The number of carbonyl (C=O) groups is 3. The van der Waals surface area contributed by atoms with Crippen molar-refractivity contribution < 1.29 is 19.1 Å². The van der Waals surface area contributed by atoms with Gasteiger partial charge in [-0.3, -0.25) is 9.59 Å². The standard InChI is InChI=1S/C23H35N3O4/c1-17(2)9-7-10-18(3)24-21(27)16-30-22(28)19-11-8-14-26(15-19)23(29)25-20-12-5-4-6-13-20/h4-6,12-13,17-19H,7-11,14-16H2,1-3H3,(H,24,27)(H,25,29). The maximum atomic E-state index is 12.4. The first-order chi connectivity index (χ1) is 14.3. The summed E-state index contributed by atoms with van der Waals surface area (Å²) in [4.78, 5) is 38.5. The van der Waals surface area contributed by atoms with Crippen LogP contribution in [0.25, 0.3) is 0 Å². The Kier molecular flexibility index (Phi) is 9.64. The third-order valence-corrected chi connectivity index (χ3v) is 5.24. The summed E-state index contributed by atoms with van der Waals surface area (Å²) < 4.78 is 5.22. The monoisotopic (exact) mass is 417 g/mol. The molecule has 30 heavy (non-hydrogen) atoms. The van der Waals surface area contributed by atoms with Crippen LogP contribution < -0.4 is 10.6 Å². The van der Waals surface area contributed by atoms with Crippen LogP contribution in [0, 0.1) is 11.8 Å². The number of piperidine rings is 1. The quantitative estimate of drug-likeness (QED) is 0.598. The number of nitrogens with one attached hydrogen (secondary N) is 2. The summed E-state index contributed by atoms with van der Waals surface area (Å²) in [7, 11) is 0. The number of nitrogens with zero attached hydrogens (tertiary/aromatic N) is 1. The number of urea groups is 1. The Morgan fingerprint density at radius 3 is 2.57 bits per heavy atom. The van der Waals surface area contributed by atoms with Crippen LogP contribution in [0.3, 0.4) is 0 Å². The molecule has 7 heteroatoms. The molecule has 0 aliphatic carbocycles. The molecule has 1 fully saturated rings. The van der Waals surface area contributed by atoms with Crippen molar-refractivity contribution in [1.82, 2.24) is 10.2 Å². The van der Waals surface area contributed by atoms with E-state index in [1.54, 1.807) is 4.90 Å². The fourth-order valence-corrected chi connectivity index (χ4v) is 3.55. The number of rotatable bonds is 9. The summed E-state index contributed by atoms with van der Waals surface area (Å²) in [6.07, 6.45) is 4.47. The molecule has 0 saturated carbocycles. The van der Waals surface area contributed by atoms with E-state index in [1.165, 1.54) is 0 Å². The van der Waals surface area contributed by atoms with E-state index < -0.39 is 11.9 Å². The van der Waals surface area contributed by atoms with Gasteiger partial charge in [0.25, 0.3) is 5.91 Å². The van der Waals surface area contributed by atoms with Crippen molar-refractivity contribution in [3.63, 3.8) is 0 Å². The highest BCUT2D eigenvalue weighted by molar-refractivity contribution is 5.90. The maximum Gasteiger partial charge on any atom is 0.321 e. The van der Waals surface area contributed by atoms with Crippen LogP contribution in [0.15, 0.2) is 30.3 Å². The normalized spacial score (nSPS) is 17.3. The van der Waals surface area contributed by atoms with Gasteiger partial charge in [-0.1, -0.05) is 44.9 Å². The molecule has 0 radical (unpaired) electrons. The van der Waals surface area contributed by atoms with Gasteiger partial charge in [0.05, 0.1) is 5.92 Å². The van der Waals surface area contributed by atoms with Crippen LogP contribution in [0.5, 0.6) is 0 Å². The zero-order valence-electron chi connectivity index (χ0n) is 18.4. The Hall–Kier alpha value is -2.57. The Bertz CT molecular complexity index is 693. The van der Waals surface area contributed by atoms with E-state index >= 15 is 0 Å². The molecule has 2 unspecified atom stereocenters. The number of likely N-dealkylation sites (tertiary alicyclic amines) is 1. The number of anilines is 1. The Labute approximate surface area is 179 Å². The van der Waals surface area contributed by atoms with Gasteiger partial charge in [0.2, 0.25) is 0 Å². The summed E-state index contributed by atoms with van der Waals surface area (Å²) in [5.74, 6) is -0.458. The van der Waals surface area contributed by atoms with E-state index in [0.29, 0.717) is 31.1 Å². The highest BCUT2D eigenvalue weighted by atomic mass is 16.5. The summed E-state index contributed by atoms with van der Waals surface area (Å²) in [6, 6.07) is 9.04. The largest absolute Gasteiger partial charge is 0.455 e. The molecule has 2 N–H and O–H groups in total. The zero-order valence-corrected chi connectivity index (χ0v) is 18.4. The second-order valence-electron chi connectivity index (χ2n) is 8.48. The van der Waals surface area contributed by atoms with Crippen LogP contribution in [-0.2, 0) is 14.3 Å². The van der Waals surface area contributed by atoms with Gasteiger partial charge in [-0.25, -0.2) is 4.79 Å². The molecule has 1 aromatic rings. The average Bonchev–Trinajstić information content (AvgIpc) is 2.72. The van der Waals surface area contributed by atoms with Gasteiger partial charge in [-0.15, -0.1) is 0 Å². The van der Waals surface area contributed by atoms with Gasteiger partial charge in [-0.05, 0) is 44.2 Å². The first-order valence-electron chi connectivity index (χ1n) is 10.9. The number of hydrogen-bond acceptors (Lipinski definition) is 4. The minimum absolute atomic E-state index is 0.0572. The van der Waals surface area contributed by atoms with E-state index in [4.69, 9.17) is 4.74 Å². The van der Waals surface area contributed by atoms with Gasteiger partial charge >= 0.3 is 12.0 Å². The number of amides is 3. The Morgan fingerprint density at radius 1 is 1.13 bits per heavy atom. The minimum atomic E-state index is -0.421. The molecule has 1 aliphatic rings. The topological polar surface area (TPSA) is 87.7 Å². The highest BCUT2D eigenvalue weighted by Gasteiger charge is 2.30. The molecule has 3 amide bonds. The predicted molar refractivity (Wildman–Crippen MR) is 117 cm³/mol. The second-order valence-corrected chi connectivity index (χ2v) is 8.48. The van der Waals surface area contributed by atoms with Gasteiger partial charge in [0.1, 0.15) is 0 Å². The molecule has 0 spiro atoms. The lowest BCUT2D eigenvalue weighted by molar-refractivity contribution is -0.154. The number of hydrogen-bond donors (Lipinski definition) is 2. The lowest BCUT2D eigenvalue weighted by Gasteiger charge is -2.31. The number of para-hydroxylation sites is 1. The number of carbonyl (C=O) groups excluding carboxylic acids is 3. The van der Waals surface area contributed by atoms with Crippen LogP contribution in [0.1, 0.15) is 52.9 Å². The van der Waals surface area contributed by atoms with E-state index in [9.17, 15) is 14.4 Å². The van der Waals surface area contributed by atoms with Gasteiger partial charge in [0.15, 0.2) is 6.61 Å². The molecule has 1 aliphatic heterocycles. The van der Waals surface area contributed by atoms with Crippen molar-refractivity contribution in [2.24, 2.45) is 11.8 Å². The van der Waals surface area contributed by atoms with Crippen LogP contribution in [-0.4, -0.2) is 48.5 Å². The van der Waals surface area contributed by atoms with Crippen molar-refractivity contribution >= 4 is 23.6 Å². The van der Waals surface area contributed by atoms with Gasteiger partial charge in [-0.2, -0.15) is 0 Å². The Balaban J connectivity index is 1.71. The molecule has 7 nitrogen and oxygen atoms in total. The fourth-order valence-electron chi connectivity index (χ4n) is 3.55. The summed E-state index contributed by atoms with van der Waals surface area (Å²) in [5.41, 5.74) is 0.714. The minimum Gasteiger partial charge on any atom is -0.455 e. The first kappa shape index (κ1) is 23.7. The van der Waals surface area contributed by atoms with E-state index in [0.717, 1.165) is 25.7 Å². The van der Waals surface area contributed by atoms with Crippen molar-refractivity contribution in [2.75, 3.05) is 25.0 Å². The molecular formula is C23H35N3O4. The fraction of sp³-hybridized carbons (Fsp3) is 0.609. The molecular weight excluding hydrogens is 382 g/mol. The number of ether oxygens (including phenoxy) is 1. The molecule has 166 valence electrons. The highest BCUT2D eigenvalue weighted by Crippen LogP contribution is 2.19. The molecule has 0 bridgehead atoms. The maximum absolute atomic E-state index is 12.4.